The molecule has 0 saturated carbocycles. The standard InChI is InChI=1S/C48H76N2.C28H36N2.2C15H31.2Pd/c1-5-9-12-13-14-15-16-17-18-19-20-21-22-23-24-25-26-29-32-46-45(8-4)47(43-37-33-41(34-38-43)30-27-10-6-2)50(49)48(46)44-39-35-42(36-40-44)31-28-11-7-3;1-4-7-10-22-13-17-24(18-14-22)27-21-26(12-9-6-3)28(30(27)29)25-19-15-23(16-20-25)11-8-5-2;2*1-3-5-7-9-11-13-15-14-12-10-8-6-4-2;;/h33-40H,5-32H2,1-4H3;13-21H,4-12H2,1-3H3;2*1,3-15H2,2H3;;. The summed E-state index contributed by atoms with van der Waals surface area (Å²) in [6.07, 6.45) is 88.0. The second kappa shape index (κ2) is 71.5. The molecule has 638 valence electrons. The van der Waals surface area contributed by atoms with E-state index < -0.39 is 0 Å². The van der Waals surface area contributed by atoms with Gasteiger partial charge in [-0.3, -0.25) is 0 Å². The third-order valence-electron chi connectivity index (χ3n) is 23.7. The van der Waals surface area contributed by atoms with Crippen LogP contribution in [0.1, 0.15) is 486 Å². The van der Waals surface area contributed by atoms with Crippen molar-refractivity contribution in [1.82, 2.24) is 0 Å². The minimum absolute atomic E-state index is 0. The van der Waals surface area contributed by atoms with Crippen LogP contribution >= 0.6 is 0 Å². The minimum atomic E-state index is 0. The zero-order valence-electron chi connectivity index (χ0n) is 74.7. The van der Waals surface area contributed by atoms with Crippen LogP contribution in [0.3, 0.4) is 0 Å². The number of aryl methyl sites for hydroxylation is 4. The van der Waals surface area contributed by atoms with Crippen molar-refractivity contribution in [3.8, 4) is 0 Å². The van der Waals surface area contributed by atoms with Crippen molar-refractivity contribution >= 4 is 22.8 Å². The fourth-order valence-electron chi connectivity index (χ4n) is 16.4. The van der Waals surface area contributed by atoms with E-state index in [0.717, 1.165) is 121 Å². The zero-order valence-corrected chi connectivity index (χ0v) is 77.8. The summed E-state index contributed by atoms with van der Waals surface area (Å²) in [7, 11) is 0. The summed E-state index contributed by atoms with van der Waals surface area (Å²) < 4.78 is 2.95. The average molecular weight is 1720 g/mol. The van der Waals surface area contributed by atoms with Gasteiger partial charge < -0.3 is 11.1 Å². The number of hydrogen-bond donors (Lipinski definition) is 0. The van der Waals surface area contributed by atoms with Crippen LogP contribution in [-0.4, -0.2) is 9.39 Å². The van der Waals surface area contributed by atoms with Gasteiger partial charge in [0.2, 0.25) is 22.8 Å². The van der Waals surface area contributed by atoms with Gasteiger partial charge in [-0.1, -0.05) is 291 Å². The molecule has 0 atom stereocenters. The molecular weight excluding hydrogens is 1540 g/mol. The van der Waals surface area contributed by atoms with Gasteiger partial charge in [-0.25, -0.2) is 9.39 Å². The minimum Gasteiger partial charge on any atom is -0.0654 e. The molecule has 6 heteroatoms. The molecule has 0 N–H and O–H groups in total. The zero-order chi connectivity index (χ0) is 79.5. The normalized spacial score (nSPS) is 12.8. The van der Waals surface area contributed by atoms with Crippen molar-refractivity contribution in [1.29, 1.82) is 0 Å². The molecule has 4 aromatic rings. The van der Waals surface area contributed by atoms with Gasteiger partial charge in [0.05, 0.1) is 0 Å². The van der Waals surface area contributed by atoms with Crippen LogP contribution in [0, 0.1) is 0 Å². The van der Waals surface area contributed by atoms with Gasteiger partial charge in [-0.05, 0) is 154 Å². The van der Waals surface area contributed by atoms with E-state index in [1.54, 1.807) is 14.5 Å². The van der Waals surface area contributed by atoms with E-state index in [0.29, 0.717) is 0 Å². The maximum absolute atomic E-state index is 11.9. The Balaban J connectivity index is 0.000000456. The summed E-state index contributed by atoms with van der Waals surface area (Å²) in [5, 5.41) is 0. The summed E-state index contributed by atoms with van der Waals surface area (Å²) in [6.45, 7) is 20.4. The molecule has 0 bridgehead atoms. The van der Waals surface area contributed by atoms with Gasteiger partial charge >= 0.3 is 169 Å². The molecular formula is C106H174N4Pd2. The molecule has 0 fully saturated rings. The average Bonchev–Trinajstić information content (AvgIpc) is 1.61. The molecule has 0 spiro atoms. The Labute approximate surface area is 717 Å². The third kappa shape index (κ3) is 45.9. The Kier molecular flexibility index (Phi) is 65.4. The van der Waals surface area contributed by atoms with Crippen LogP contribution in [-0.2, 0) is 64.1 Å². The molecule has 0 aromatic heterocycles. The number of benzene rings is 4. The molecule has 2 aliphatic heterocycles. The first kappa shape index (κ1) is 103. The summed E-state index contributed by atoms with van der Waals surface area (Å²) in [6, 6.07) is 35.6. The van der Waals surface area contributed by atoms with Crippen molar-refractivity contribution in [2.24, 2.45) is 0 Å². The molecule has 4 aromatic carbocycles. The van der Waals surface area contributed by atoms with Gasteiger partial charge in [-0.15, -0.1) is 0 Å². The van der Waals surface area contributed by atoms with E-state index in [2.05, 4.69) is 165 Å². The van der Waals surface area contributed by atoms with Crippen molar-refractivity contribution in [3.05, 3.63) is 175 Å². The van der Waals surface area contributed by atoms with Crippen LogP contribution < -0.4 is 0 Å². The smallest absolute Gasteiger partial charge is 0.0654 e. The number of allylic oxidation sites excluding steroid dienone is 4. The van der Waals surface area contributed by atoms with Crippen LogP contribution in [0.4, 0.5) is 0 Å². The van der Waals surface area contributed by atoms with Gasteiger partial charge in [-0.2, -0.15) is 0 Å². The summed E-state index contributed by atoms with van der Waals surface area (Å²) in [5.74, 6) is 0. The van der Waals surface area contributed by atoms with Crippen LogP contribution in [0.15, 0.2) is 120 Å². The number of rotatable bonds is 69. The Hall–Kier alpha value is -3.64. The van der Waals surface area contributed by atoms with Crippen molar-refractivity contribution in [2.75, 3.05) is 0 Å². The van der Waals surface area contributed by atoms with Crippen molar-refractivity contribution < 1.29 is 47.8 Å². The Bertz CT molecular complexity index is 3010. The molecule has 0 amide bonds. The van der Waals surface area contributed by atoms with Crippen molar-refractivity contribution in [2.45, 2.75) is 477 Å². The van der Waals surface area contributed by atoms with Crippen LogP contribution in [0.5, 0.6) is 0 Å². The third-order valence-corrected chi connectivity index (χ3v) is 25.9. The second-order valence-corrected chi connectivity index (χ2v) is 36.1. The van der Waals surface area contributed by atoms with E-state index in [4.69, 9.17) is 0 Å². The van der Waals surface area contributed by atoms with Gasteiger partial charge in [0, 0.05) is 65.5 Å². The topological polar surface area (TPSA) is 50.6 Å². The van der Waals surface area contributed by atoms with Crippen molar-refractivity contribution in [3.63, 3.8) is 0 Å². The predicted molar refractivity (Wildman–Crippen MR) is 490 cm³/mol. The first-order chi connectivity index (χ1) is 54.7. The molecule has 4 nitrogen and oxygen atoms in total. The predicted octanol–water partition coefficient (Wildman–Crippen LogP) is 36.6. The summed E-state index contributed by atoms with van der Waals surface area (Å²) in [5.41, 5.74) is 40.7. The molecule has 0 aliphatic carbocycles. The van der Waals surface area contributed by atoms with Gasteiger partial charge in [0.15, 0.2) is 0 Å². The molecule has 112 heavy (non-hydrogen) atoms. The molecule has 0 radical (unpaired) electrons. The fraction of sp³-hybridized carbons (Fsp3) is 0.698. The fourth-order valence-corrected chi connectivity index (χ4v) is 18.3. The summed E-state index contributed by atoms with van der Waals surface area (Å²) in [4.78, 5) is 3.09. The van der Waals surface area contributed by atoms with E-state index in [-0.39, 0.29) is 20.4 Å². The Morgan fingerprint density at radius 3 is 0.759 bits per heavy atom. The van der Waals surface area contributed by atoms with Crippen LogP contribution in [0.25, 0.3) is 33.9 Å². The maximum atomic E-state index is 11.9. The Morgan fingerprint density at radius 1 is 0.223 bits per heavy atom. The second-order valence-electron chi connectivity index (χ2n) is 33.8. The van der Waals surface area contributed by atoms with E-state index >= 15 is 0 Å². The van der Waals surface area contributed by atoms with E-state index in [1.165, 1.54) is 390 Å². The first-order valence-corrected chi connectivity index (χ1v) is 50.6. The quantitative estimate of drug-likeness (QED) is 0.0240. The molecule has 6 rings (SSSR count). The van der Waals surface area contributed by atoms with Gasteiger partial charge in [0.1, 0.15) is 0 Å². The monoisotopic (exact) mass is 1720 g/mol. The molecule has 2 heterocycles. The first-order valence-electron chi connectivity index (χ1n) is 48.4. The number of nitrogens with zero attached hydrogens (tertiary/aromatic N) is 4. The summed E-state index contributed by atoms with van der Waals surface area (Å²) >= 11 is 1.06. The van der Waals surface area contributed by atoms with Gasteiger partial charge in [0.25, 0.3) is 0 Å². The number of unbranched alkanes of at least 4 members (excludes halogenated alkanes) is 48. The molecule has 0 unspecified atom stereocenters. The molecule has 0 saturated heterocycles. The SMILES string of the molecule is CCCCC1=C(c2ccc(CCCC)cc2)[N+](=[N-])C(c2ccc(CCCC)cc2)=C1.CCCCCCCCCCCCCCCCCCCCC1=C(c2ccc(CCCCC)cc2)[N+](=[N-])C(c2ccc(CCCCC)cc2)=C1CC.CCCCCCCCCCCCCC[CH2][Pd][CH2]CCCCCCCCCCCCCC.[Pd]. The molecule has 2 aliphatic rings. The van der Waals surface area contributed by atoms with E-state index in [9.17, 15) is 11.1 Å². The van der Waals surface area contributed by atoms with E-state index in [1.807, 2.05) is 0 Å². The Morgan fingerprint density at radius 2 is 0.455 bits per heavy atom. The van der Waals surface area contributed by atoms with Crippen LogP contribution in [0.2, 0.25) is 9.79 Å². The number of hydrogen-bond acceptors (Lipinski definition) is 0.